The van der Waals surface area contributed by atoms with Crippen molar-refractivity contribution >= 4 is 34.7 Å². The highest BCUT2D eigenvalue weighted by Crippen LogP contribution is 2.30. The summed E-state index contributed by atoms with van der Waals surface area (Å²) in [5, 5.41) is 7.46. The Kier molecular flexibility index (Phi) is 5.70. The van der Waals surface area contributed by atoms with Crippen LogP contribution in [0.15, 0.2) is 34.5 Å². The molecule has 5 heteroatoms. The molecular weight excluding hydrogens is 296 g/mol. The van der Waals surface area contributed by atoms with Crippen molar-refractivity contribution in [1.29, 1.82) is 0 Å². The van der Waals surface area contributed by atoms with Crippen molar-refractivity contribution in [2.24, 2.45) is 0 Å². The highest BCUT2D eigenvalue weighted by molar-refractivity contribution is 7.98. The molecule has 19 heavy (non-hydrogen) atoms. The molecule has 1 atom stereocenters. The zero-order valence-electron chi connectivity index (χ0n) is 11.0. The van der Waals surface area contributed by atoms with E-state index in [0.29, 0.717) is 6.04 Å². The van der Waals surface area contributed by atoms with Crippen LogP contribution in [0.1, 0.15) is 30.6 Å². The van der Waals surface area contributed by atoms with Crippen molar-refractivity contribution in [3.05, 3.63) is 45.4 Å². The SMILES string of the molecule is CCNC(C)c1csc(CSc2ccccc2Cl)n1. The fraction of sp³-hybridized carbons (Fsp3) is 0.357. The maximum absolute atomic E-state index is 6.14. The fourth-order valence-corrected chi connectivity index (χ4v) is 3.85. The Balaban J connectivity index is 1.95. The van der Waals surface area contributed by atoms with E-state index in [9.17, 15) is 0 Å². The molecule has 2 nitrogen and oxygen atoms in total. The molecule has 0 fully saturated rings. The van der Waals surface area contributed by atoms with E-state index in [4.69, 9.17) is 11.6 Å². The zero-order chi connectivity index (χ0) is 13.7. The van der Waals surface area contributed by atoms with Crippen LogP contribution in [0.5, 0.6) is 0 Å². The van der Waals surface area contributed by atoms with Crippen LogP contribution in [-0.2, 0) is 5.75 Å². The van der Waals surface area contributed by atoms with Crippen LogP contribution in [0.3, 0.4) is 0 Å². The third-order valence-corrected chi connectivity index (χ3v) is 5.29. The molecule has 0 radical (unpaired) electrons. The molecule has 102 valence electrons. The average Bonchev–Trinajstić information content (AvgIpc) is 2.87. The minimum atomic E-state index is 0.320. The first-order chi connectivity index (χ1) is 9.20. The normalized spacial score (nSPS) is 12.6. The van der Waals surface area contributed by atoms with Gasteiger partial charge in [0.05, 0.1) is 16.5 Å². The van der Waals surface area contributed by atoms with Gasteiger partial charge in [-0.3, -0.25) is 0 Å². The average molecular weight is 313 g/mol. The maximum Gasteiger partial charge on any atom is 0.103 e. The molecule has 1 heterocycles. The van der Waals surface area contributed by atoms with Crippen LogP contribution in [-0.4, -0.2) is 11.5 Å². The largest absolute Gasteiger partial charge is 0.309 e. The summed E-state index contributed by atoms with van der Waals surface area (Å²) in [6.45, 7) is 5.21. The number of rotatable bonds is 6. The Morgan fingerprint density at radius 1 is 1.42 bits per heavy atom. The van der Waals surface area contributed by atoms with Crippen LogP contribution in [0.2, 0.25) is 5.02 Å². The molecule has 1 aromatic heterocycles. The van der Waals surface area contributed by atoms with E-state index >= 15 is 0 Å². The number of hydrogen-bond acceptors (Lipinski definition) is 4. The third-order valence-electron chi connectivity index (χ3n) is 2.71. The first kappa shape index (κ1) is 14.9. The fourth-order valence-electron chi connectivity index (χ4n) is 1.70. The van der Waals surface area contributed by atoms with Gasteiger partial charge >= 0.3 is 0 Å². The molecule has 0 amide bonds. The number of aromatic nitrogens is 1. The summed E-state index contributed by atoms with van der Waals surface area (Å²) in [6.07, 6.45) is 0. The van der Waals surface area contributed by atoms with Gasteiger partial charge in [-0.15, -0.1) is 23.1 Å². The van der Waals surface area contributed by atoms with Crippen LogP contribution in [0.25, 0.3) is 0 Å². The van der Waals surface area contributed by atoms with Gasteiger partial charge < -0.3 is 5.32 Å². The first-order valence-electron chi connectivity index (χ1n) is 6.25. The van der Waals surface area contributed by atoms with Crippen molar-refractivity contribution < 1.29 is 0 Å². The van der Waals surface area contributed by atoms with Gasteiger partial charge in [0.2, 0.25) is 0 Å². The Morgan fingerprint density at radius 2 is 2.21 bits per heavy atom. The van der Waals surface area contributed by atoms with Crippen LogP contribution in [0, 0.1) is 0 Å². The predicted molar refractivity (Wildman–Crippen MR) is 85.2 cm³/mol. The van der Waals surface area contributed by atoms with E-state index < -0.39 is 0 Å². The smallest absolute Gasteiger partial charge is 0.103 e. The van der Waals surface area contributed by atoms with Crippen LogP contribution in [0.4, 0.5) is 0 Å². The number of nitrogens with zero attached hydrogens (tertiary/aromatic N) is 1. The van der Waals surface area contributed by atoms with Gasteiger partial charge in [-0.1, -0.05) is 30.7 Å². The van der Waals surface area contributed by atoms with Gasteiger partial charge in [0.25, 0.3) is 0 Å². The Morgan fingerprint density at radius 3 is 2.95 bits per heavy atom. The van der Waals surface area contributed by atoms with E-state index in [1.807, 2.05) is 24.3 Å². The molecule has 0 aliphatic rings. The number of halogens is 1. The van der Waals surface area contributed by atoms with Crippen molar-refractivity contribution in [2.75, 3.05) is 6.54 Å². The second-order valence-corrected chi connectivity index (χ2v) is 6.53. The zero-order valence-corrected chi connectivity index (χ0v) is 13.4. The predicted octanol–water partition coefficient (Wildman–Crippen LogP) is 4.76. The van der Waals surface area contributed by atoms with E-state index in [1.165, 1.54) is 0 Å². The molecule has 1 N–H and O–H groups in total. The summed E-state index contributed by atoms with van der Waals surface area (Å²) in [5.41, 5.74) is 1.13. The summed E-state index contributed by atoms with van der Waals surface area (Å²) >= 11 is 9.59. The number of benzene rings is 1. The van der Waals surface area contributed by atoms with Crippen molar-refractivity contribution in [2.45, 2.75) is 30.5 Å². The van der Waals surface area contributed by atoms with Gasteiger partial charge in [-0.25, -0.2) is 4.98 Å². The van der Waals surface area contributed by atoms with Gasteiger partial charge in [0.1, 0.15) is 5.01 Å². The number of hydrogen-bond donors (Lipinski definition) is 1. The Labute approximate surface area is 127 Å². The quantitative estimate of drug-likeness (QED) is 0.778. The Hall–Kier alpha value is -0.550. The monoisotopic (exact) mass is 312 g/mol. The highest BCUT2D eigenvalue weighted by atomic mass is 35.5. The first-order valence-corrected chi connectivity index (χ1v) is 8.50. The summed E-state index contributed by atoms with van der Waals surface area (Å²) in [4.78, 5) is 5.78. The molecule has 0 saturated heterocycles. The molecule has 0 saturated carbocycles. The van der Waals surface area contributed by atoms with Gasteiger partial charge in [0.15, 0.2) is 0 Å². The molecular formula is C14H17ClN2S2. The second-order valence-electron chi connectivity index (χ2n) is 4.16. The molecule has 0 spiro atoms. The van der Waals surface area contributed by atoms with Crippen molar-refractivity contribution in [3.63, 3.8) is 0 Å². The maximum atomic E-state index is 6.14. The summed E-state index contributed by atoms with van der Waals surface area (Å²) in [7, 11) is 0. The molecule has 1 aromatic carbocycles. The number of thiazole rings is 1. The molecule has 0 bridgehead atoms. The van der Waals surface area contributed by atoms with Crippen molar-refractivity contribution in [1.82, 2.24) is 10.3 Å². The lowest BCUT2D eigenvalue weighted by molar-refractivity contribution is 0.585. The number of thioether (sulfide) groups is 1. The van der Waals surface area contributed by atoms with Gasteiger partial charge in [-0.2, -0.15) is 0 Å². The lowest BCUT2D eigenvalue weighted by atomic mass is 10.2. The van der Waals surface area contributed by atoms with E-state index in [0.717, 1.165) is 32.9 Å². The van der Waals surface area contributed by atoms with Crippen molar-refractivity contribution in [3.8, 4) is 0 Å². The van der Waals surface area contributed by atoms with Crippen LogP contribution >= 0.6 is 34.7 Å². The minimum absolute atomic E-state index is 0.320. The second kappa shape index (κ2) is 7.29. The van der Waals surface area contributed by atoms with E-state index in [1.54, 1.807) is 23.1 Å². The summed E-state index contributed by atoms with van der Waals surface area (Å²) < 4.78 is 0. The molecule has 2 aromatic rings. The standard InChI is InChI=1S/C14H17ClN2S2/c1-3-16-10(2)12-8-19-14(17-12)9-18-13-7-5-4-6-11(13)15/h4-8,10,16H,3,9H2,1-2H3. The number of nitrogens with one attached hydrogen (secondary N) is 1. The Bertz CT molecular complexity index is 528. The van der Waals surface area contributed by atoms with E-state index in [2.05, 4.69) is 29.5 Å². The molecule has 0 aliphatic heterocycles. The molecule has 0 aliphatic carbocycles. The highest BCUT2D eigenvalue weighted by Gasteiger charge is 2.09. The topological polar surface area (TPSA) is 24.9 Å². The van der Waals surface area contributed by atoms with Gasteiger partial charge in [-0.05, 0) is 25.6 Å². The molecule has 2 rings (SSSR count). The summed E-state index contributed by atoms with van der Waals surface area (Å²) in [6, 6.07) is 8.24. The van der Waals surface area contributed by atoms with E-state index in [-0.39, 0.29) is 0 Å². The lowest BCUT2D eigenvalue weighted by Crippen LogP contribution is -2.17. The third kappa shape index (κ3) is 4.21. The summed E-state index contributed by atoms with van der Waals surface area (Å²) in [5.74, 6) is 0.868. The minimum Gasteiger partial charge on any atom is -0.309 e. The molecule has 1 unspecified atom stereocenters. The van der Waals surface area contributed by atoms with Gasteiger partial charge in [0, 0.05) is 16.3 Å². The lowest BCUT2D eigenvalue weighted by Gasteiger charge is -2.08. The van der Waals surface area contributed by atoms with Crippen LogP contribution < -0.4 is 5.32 Å².